The van der Waals surface area contributed by atoms with Crippen LogP contribution < -0.4 is 4.74 Å². The number of hydrogen-bond donors (Lipinski definition) is 0. The van der Waals surface area contributed by atoms with Crippen molar-refractivity contribution >= 4 is 5.91 Å². The summed E-state index contributed by atoms with van der Waals surface area (Å²) in [5.41, 5.74) is 1.14. The van der Waals surface area contributed by atoms with Crippen LogP contribution in [0.2, 0.25) is 0 Å². The molecule has 1 aliphatic rings. The number of amides is 1. The summed E-state index contributed by atoms with van der Waals surface area (Å²) in [6.07, 6.45) is 2.60. The molecule has 0 spiro atoms. The van der Waals surface area contributed by atoms with Gasteiger partial charge < -0.3 is 14.4 Å². The van der Waals surface area contributed by atoms with E-state index in [2.05, 4.69) is 4.98 Å². The molecule has 0 radical (unpaired) electrons. The van der Waals surface area contributed by atoms with Crippen molar-refractivity contribution in [3.8, 4) is 11.8 Å². The molecule has 114 valence electrons. The van der Waals surface area contributed by atoms with Crippen LogP contribution in [-0.4, -0.2) is 42.2 Å². The number of aromatic nitrogens is 1. The molecule has 0 aliphatic carbocycles. The molecule has 0 aromatic carbocycles. The molecular weight excluding hydrogens is 270 g/mol. The number of methoxy groups -OCH3 is 1. The highest BCUT2D eigenvalue weighted by Gasteiger charge is 2.25. The number of carbonyl (C=O) groups is 1. The minimum atomic E-state index is -0.492. The fraction of sp³-hybridized carbons (Fsp3) is 0.533. The zero-order chi connectivity index (χ0) is 15.8. The molecule has 1 amide bonds. The first-order valence-electron chi connectivity index (χ1n) is 6.98. The number of ether oxygens (including phenoxy) is 2. The van der Waals surface area contributed by atoms with Crippen LogP contribution in [0.3, 0.4) is 0 Å². The minimum Gasteiger partial charge on any atom is -0.490 e. The van der Waals surface area contributed by atoms with Gasteiger partial charge in [0.2, 0.25) is 0 Å². The maximum absolute atomic E-state index is 12.1. The van der Waals surface area contributed by atoms with Crippen molar-refractivity contribution < 1.29 is 14.3 Å². The van der Waals surface area contributed by atoms with E-state index in [0.717, 1.165) is 5.56 Å². The molecule has 0 saturated heterocycles. The first-order valence-corrected chi connectivity index (χ1v) is 6.98. The zero-order valence-corrected chi connectivity index (χ0v) is 12.9. The third kappa shape index (κ3) is 3.92. The molecule has 6 heteroatoms. The number of fused-ring (bicyclic) bond motifs is 1. The van der Waals surface area contributed by atoms with E-state index in [9.17, 15) is 4.79 Å². The van der Waals surface area contributed by atoms with E-state index in [1.165, 1.54) is 13.3 Å². The third-order valence-corrected chi connectivity index (χ3v) is 3.07. The summed E-state index contributed by atoms with van der Waals surface area (Å²) < 4.78 is 10.6. The van der Waals surface area contributed by atoms with Gasteiger partial charge in [0, 0.05) is 25.1 Å². The quantitative estimate of drug-likeness (QED) is 0.829. The van der Waals surface area contributed by atoms with Gasteiger partial charge in [-0.15, -0.1) is 0 Å². The molecule has 1 aromatic rings. The van der Waals surface area contributed by atoms with Crippen LogP contribution in [0.5, 0.6) is 5.75 Å². The Bertz CT molecular complexity index is 525. The highest BCUT2D eigenvalue weighted by atomic mass is 16.5. The lowest BCUT2D eigenvalue weighted by molar-refractivity contribution is -0.141. The molecule has 0 bridgehead atoms. The first kappa shape index (κ1) is 16.9. The molecule has 0 saturated carbocycles. The predicted molar refractivity (Wildman–Crippen MR) is 77.7 cm³/mol. The molecule has 0 fully saturated rings. The Morgan fingerprint density at radius 3 is 2.86 bits per heavy atom. The highest BCUT2D eigenvalue weighted by molar-refractivity contribution is 5.80. The molecule has 1 aliphatic heterocycles. The number of hydrogen-bond acceptors (Lipinski definition) is 5. The molecular formula is C15H21N3O3. The van der Waals surface area contributed by atoms with Crippen LogP contribution in [0.4, 0.5) is 0 Å². The lowest BCUT2D eigenvalue weighted by Crippen LogP contribution is -2.39. The van der Waals surface area contributed by atoms with E-state index in [0.29, 0.717) is 31.0 Å². The number of rotatable bonds is 2. The van der Waals surface area contributed by atoms with Crippen molar-refractivity contribution in [3.63, 3.8) is 0 Å². The van der Waals surface area contributed by atoms with Gasteiger partial charge in [0.15, 0.2) is 0 Å². The van der Waals surface area contributed by atoms with Gasteiger partial charge in [-0.25, -0.2) is 0 Å². The molecule has 1 unspecified atom stereocenters. The van der Waals surface area contributed by atoms with Gasteiger partial charge in [0.25, 0.3) is 5.91 Å². The summed E-state index contributed by atoms with van der Waals surface area (Å²) in [4.78, 5) is 17.8. The van der Waals surface area contributed by atoms with Crippen LogP contribution in [0.25, 0.3) is 0 Å². The van der Waals surface area contributed by atoms with Crippen LogP contribution >= 0.6 is 0 Å². The summed E-state index contributed by atoms with van der Waals surface area (Å²) in [5, 5.41) is 9.02. The molecule has 1 atom stereocenters. The normalized spacial score (nSPS) is 14.5. The van der Waals surface area contributed by atoms with Crippen LogP contribution in [0, 0.1) is 11.3 Å². The van der Waals surface area contributed by atoms with Crippen molar-refractivity contribution in [1.82, 2.24) is 9.88 Å². The molecule has 0 N–H and O–H groups in total. The Labute approximate surface area is 125 Å². The van der Waals surface area contributed by atoms with Crippen LogP contribution in [0.1, 0.15) is 31.9 Å². The van der Waals surface area contributed by atoms with Gasteiger partial charge in [-0.3, -0.25) is 9.78 Å². The average Bonchev–Trinajstić information content (AvgIpc) is 2.77. The number of carbonyl (C=O) groups excluding carboxylic acids is 1. The minimum absolute atomic E-state index is 0.0960. The van der Waals surface area contributed by atoms with Gasteiger partial charge in [-0.1, -0.05) is 13.8 Å². The van der Waals surface area contributed by atoms with Gasteiger partial charge in [0.05, 0.1) is 13.1 Å². The largest absolute Gasteiger partial charge is 0.490 e. The van der Waals surface area contributed by atoms with E-state index < -0.39 is 6.10 Å². The van der Waals surface area contributed by atoms with Gasteiger partial charge in [-0.2, -0.15) is 5.26 Å². The van der Waals surface area contributed by atoms with E-state index in [4.69, 9.17) is 14.7 Å². The summed E-state index contributed by atoms with van der Waals surface area (Å²) >= 11 is 0. The average molecular weight is 291 g/mol. The summed E-state index contributed by atoms with van der Waals surface area (Å²) in [5.74, 6) is 0.430. The Morgan fingerprint density at radius 2 is 2.24 bits per heavy atom. The van der Waals surface area contributed by atoms with Crippen molar-refractivity contribution in [2.45, 2.75) is 33.4 Å². The monoisotopic (exact) mass is 291 g/mol. The fourth-order valence-electron chi connectivity index (χ4n) is 1.94. The van der Waals surface area contributed by atoms with Gasteiger partial charge in [0.1, 0.15) is 30.1 Å². The second kappa shape index (κ2) is 8.22. The van der Waals surface area contributed by atoms with Crippen LogP contribution in [-0.2, 0) is 16.1 Å². The summed E-state index contributed by atoms with van der Waals surface area (Å²) in [6, 6.07) is 2.05. The smallest absolute Gasteiger partial charge is 0.251 e. The SMILES string of the molecule is CC.COC(C)C(=O)N1CCOc2c(C#N)cncc2C1. The molecule has 2 heterocycles. The lowest BCUT2D eigenvalue weighted by atomic mass is 10.1. The van der Waals surface area contributed by atoms with Crippen LogP contribution in [0.15, 0.2) is 12.4 Å². The standard InChI is InChI=1S/C13H15N3O3.C2H6/c1-9(18-2)13(17)16-3-4-19-12-10(5-14)6-15-7-11(12)8-16;1-2/h6-7,9H,3-4,8H2,1-2H3;1-2H3. The Morgan fingerprint density at radius 1 is 1.52 bits per heavy atom. The zero-order valence-electron chi connectivity index (χ0n) is 12.9. The maximum atomic E-state index is 12.1. The third-order valence-electron chi connectivity index (χ3n) is 3.07. The molecule has 6 nitrogen and oxygen atoms in total. The van der Waals surface area contributed by atoms with Gasteiger partial charge >= 0.3 is 0 Å². The second-order valence-corrected chi connectivity index (χ2v) is 4.27. The maximum Gasteiger partial charge on any atom is 0.251 e. The number of nitrogens with zero attached hydrogens (tertiary/aromatic N) is 3. The van der Waals surface area contributed by atoms with Crippen molar-refractivity contribution in [2.75, 3.05) is 20.3 Å². The number of pyridine rings is 1. The number of nitriles is 1. The molecule has 21 heavy (non-hydrogen) atoms. The first-order chi connectivity index (χ1) is 10.2. The Balaban J connectivity index is 0.00000106. The van der Waals surface area contributed by atoms with Gasteiger partial charge in [-0.05, 0) is 6.92 Å². The molecule has 2 rings (SSSR count). The second-order valence-electron chi connectivity index (χ2n) is 4.27. The Hall–Kier alpha value is -2.13. The van der Waals surface area contributed by atoms with E-state index in [-0.39, 0.29) is 5.91 Å². The van der Waals surface area contributed by atoms with Crippen molar-refractivity contribution in [2.24, 2.45) is 0 Å². The predicted octanol–water partition coefficient (Wildman–Crippen LogP) is 1.74. The molecule has 1 aromatic heterocycles. The summed E-state index contributed by atoms with van der Waals surface area (Å²) in [6.45, 7) is 6.91. The topological polar surface area (TPSA) is 75.4 Å². The van der Waals surface area contributed by atoms with E-state index in [1.54, 1.807) is 18.0 Å². The summed E-state index contributed by atoms with van der Waals surface area (Å²) in [7, 11) is 1.50. The Kier molecular flexibility index (Phi) is 6.63. The highest BCUT2D eigenvalue weighted by Crippen LogP contribution is 2.26. The van der Waals surface area contributed by atoms with Crippen molar-refractivity contribution in [1.29, 1.82) is 5.26 Å². The lowest BCUT2D eigenvalue weighted by Gasteiger charge is -2.22. The van der Waals surface area contributed by atoms with E-state index >= 15 is 0 Å². The fourth-order valence-corrected chi connectivity index (χ4v) is 1.94. The van der Waals surface area contributed by atoms with E-state index in [1.807, 2.05) is 19.9 Å². The van der Waals surface area contributed by atoms with Crippen molar-refractivity contribution in [3.05, 3.63) is 23.5 Å².